The number of nitrogens with one attached hydrogen (secondary N) is 1. The Morgan fingerprint density at radius 2 is 1.60 bits per heavy atom. The van der Waals surface area contributed by atoms with E-state index in [0.717, 1.165) is 22.4 Å². The first-order valence-corrected chi connectivity index (χ1v) is 14.5. The highest BCUT2D eigenvalue weighted by Gasteiger charge is 2.66. The SMILES string of the molecule is C#C[C@@]12OC(C)(C)O[C@@H]1[C@@H](C=O)O[C@H]2n1cnc2c(NC(c3ccccc3)(c3ccccc3)c3ccc(OC)cc3)ncnc21. The van der Waals surface area contributed by atoms with Gasteiger partial charge < -0.3 is 29.1 Å². The summed E-state index contributed by atoms with van der Waals surface area (Å²) in [7, 11) is 1.64. The van der Waals surface area contributed by atoms with Gasteiger partial charge in [-0.05, 0) is 42.7 Å². The number of nitrogens with zero attached hydrogens (tertiary/aromatic N) is 4. The van der Waals surface area contributed by atoms with Gasteiger partial charge in [0, 0.05) is 0 Å². The number of rotatable bonds is 8. The number of terminal acetylenes is 1. The van der Waals surface area contributed by atoms with E-state index in [1.54, 1.807) is 31.9 Å². The van der Waals surface area contributed by atoms with E-state index in [-0.39, 0.29) is 0 Å². The van der Waals surface area contributed by atoms with Crippen molar-refractivity contribution in [3.8, 4) is 18.1 Å². The number of hydrogen-bond donors (Lipinski definition) is 1. The highest BCUT2D eigenvalue weighted by molar-refractivity contribution is 5.84. The second-order valence-corrected chi connectivity index (χ2v) is 11.4. The molecule has 0 bridgehead atoms. The number of anilines is 1. The summed E-state index contributed by atoms with van der Waals surface area (Å²) in [5.74, 6) is 2.93. The molecule has 7 rings (SSSR count). The van der Waals surface area contributed by atoms with Crippen LogP contribution < -0.4 is 10.1 Å². The molecule has 0 aliphatic carbocycles. The van der Waals surface area contributed by atoms with Gasteiger partial charge >= 0.3 is 0 Å². The minimum atomic E-state index is -1.39. The van der Waals surface area contributed by atoms with Crippen LogP contribution >= 0.6 is 0 Å². The average molecular weight is 602 g/mol. The Hall–Kier alpha value is -5.08. The number of methoxy groups -OCH3 is 1. The van der Waals surface area contributed by atoms with Crippen LogP contribution in [0.15, 0.2) is 97.6 Å². The van der Waals surface area contributed by atoms with E-state index in [1.807, 2.05) is 60.7 Å². The van der Waals surface area contributed by atoms with Crippen LogP contribution in [-0.4, -0.2) is 56.5 Å². The fraction of sp³-hybridized carbons (Fsp3) is 0.257. The second-order valence-electron chi connectivity index (χ2n) is 11.4. The number of ether oxygens (including phenoxy) is 4. The molecule has 4 atom stereocenters. The number of fused-ring (bicyclic) bond motifs is 2. The van der Waals surface area contributed by atoms with Crippen LogP contribution in [0.4, 0.5) is 5.82 Å². The van der Waals surface area contributed by atoms with E-state index in [2.05, 4.69) is 45.5 Å². The first-order chi connectivity index (χ1) is 21.8. The molecule has 4 heterocycles. The summed E-state index contributed by atoms with van der Waals surface area (Å²) in [4.78, 5) is 26.1. The van der Waals surface area contributed by atoms with Gasteiger partial charge in [-0.2, -0.15) is 0 Å². The number of benzene rings is 3. The van der Waals surface area contributed by atoms with E-state index in [0.29, 0.717) is 23.3 Å². The third-order valence-electron chi connectivity index (χ3n) is 8.41. The Balaban J connectivity index is 1.40. The number of aromatic nitrogens is 4. The Kier molecular flexibility index (Phi) is 6.89. The van der Waals surface area contributed by atoms with Crippen molar-refractivity contribution < 1.29 is 23.7 Å². The zero-order valence-electron chi connectivity index (χ0n) is 25.0. The van der Waals surface area contributed by atoms with Crippen molar-refractivity contribution in [1.29, 1.82) is 0 Å². The van der Waals surface area contributed by atoms with Crippen molar-refractivity contribution in [2.75, 3.05) is 12.4 Å². The van der Waals surface area contributed by atoms with Crippen molar-refractivity contribution >= 4 is 23.3 Å². The molecule has 2 saturated heterocycles. The summed E-state index contributed by atoms with van der Waals surface area (Å²) in [6.45, 7) is 3.51. The summed E-state index contributed by atoms with van der Waals surface area (Å²) < 4.78 is 25.6. The van der Waals surface area contributed by atoms with Crippen LogP contribution in [0.25, 0.3) is 11.2 Å². The van der Waals surface area contributed by atoms with Gasteiger partial charge in [0.2, 0.25) is 5.60 Å². The van der Waals surface area contributed by atoms with E-state index in [1.165, 1.54) is 6.33 Å². The zero-order chi connectivity index (χ0) is 31.2. The monoisotopic (exact) mass is 601 g/mol. The topological polar surface area (TPSA) is 110 Å². The molecule has 0 amide bonds. The van der Waals surface area contributed by atoms with Crippen molar-refractivity contribution in [3.05, 3.63) is 114 Å². The predicted octanol–water partition coefficient (Wildman–Crippen LogP) is 4.86. The number of aldehydes is 1. The first kappa shape index (κ1) is 28.7. The normalized spacial score (nSPS) is 23.7. The van der Waals surface area contributed by atoms with Crippen molar-refractivity contribution in [2.45, 2.75) is 49.2 Å². The van der Waals surface area contributed by atoms with Gasteiger partial charge in [-0.3, -0.25) is 4.57 Å². The van der Waals surface area contributed by atoms with Crippen molar-refractivity contribution in [2.24, 2.45) is 0 Å². The lowest BCUT2D eigenvalue weighted by Crippen LogP contribution is -2.43. The van der Waals surface area contributed by atoms with E-state index >= 15 is 0 Å². The Bertz CT molecular complexity index is 1850. The molecule has 0 saturated carbocycles. The van der Waals surface area contributed by atoms with E-state index in [9.17, 15) is 4.79 Å². The van der Waals surface area contributed by atoms with Gasteiger partial charge in [0.15, 0.2) is 35.3 Å². The van der Waals surface area contributed by atoms with Crippen molar-refractivity contribution in [1.82, 2.24) is 19.5 Å². The van der Waals surface area contributed by atoms with Crippen LogP contribution in [0.2, 0.25) is 0 Å². The minimum Gasteiger partial charge on any atom is -0.497 e. The molecule has 2 aliphatic heterocycles. The zero-order valence-corrected chi connectivity index (χ0v) is 25.0. The molecule has 0 radical (unpaired) electrons. The first-order valence-electron chi connectivity index (χ1n) is 14.5. The van der Waals surface area contributed by atoms with Crippen LogP contribution in [0, 0.1) is 12.3 Å². The maximum Gasteiger partial charge on any atom is 0.205 e. The Morgan fingerprint density at radius 3 is 2.20 bits per heavy atom. The van der Waals surface area contributed by atoms with Crippen LogP contribution in [0.3, 0.4) is 0 Å². The number of hydrogen-bond acceptors (Lipinski definition) is 9. The second kappa shape index (κ2) is 10.8. The maximum absolute atomic E-state index is 12.1. The van der Waals surface area contributed by atoms with Crippen molar-refractivity contribution in [3.63, 3.8) is 0 Å². The van der Waals surface area contributed by atoms with E-state index < -0.39 is 35.4 Å². The van der Waals surface area contributed by atoms with Crippen LogP contribution in [-0.2, 0) is 24.5 Å². The molecule has 10 nitrogen and oxygen atoms in total. The maximum atomic E-state index is 12.1. The number of imidazole rings is 1. The molecule has 5 aromatic rings. The molecule has 2 fully saturated rings. The molecule has 226 valence electrons. The van der Waals surface area contributed by atoms with Gasteiger partial charge in [-0.25, -0.2) is 15.0 Å². The molecule has 0 spiro atoms. The molecule has 2 aromatic heterocycles. The summed E-state index contributed by atoms with van der Waals surface area (Å²) in [5, 5.41) is 3.77. The van der Waals surface area contributed by atoms with Gasteiger partial charge in [-0.1, -0.05) is 78.7 Å². The molecular weight excluding hydrogens is 570 g/mol. The lowest BCUT2D eigenvalue weighted by Gasteiger charge is -2.37. The molecule has 45 heavy (non-hydrogen) atoms. The third-order valence-corrected chi connectivity index (χ3v) is 8.41. The molecule has 3 aromatic carbocycles. The standard InChI is InChI=1S/C35H31N5O5/c1-5-34-29(44-33(2,3)45-34)27(20-41)43-32(34)40-22-38-28-30(36-21-37-31(28)40)39-35(23-12-8-6-9-13-23,24-14-10-7-11-15-24)25-16-18-26(42-4)19-17-25/h1,6-22,27,29,32H,2-4H3,(H,36,37,39)/t27-,29-,32-,34-/m1/s1. The van der Waals surface area contributed by atoms with E-state index in [4.69, 9.17) is 30.4 Å². The molecule has 2 aliphatic rings. The number of carbonyl (C=O) groups is 1. The van der Waals surface area contributed by atoms with Crippen LogP contribution in [0.1, 0.15) is 36.8 Å². The largest absolute Gasteiger partial charge is 0.497 e. The fourth-order valence-electron chi connectivity index (χ4n) is 6.49. The predicted molar refractivity (Wildman–Crippen MR) is 166 cm³/mol. The fourth-order valence-corrected chi connectivity index (χ4v) is 6.49. The number of carbonyl (C=O) groups excluding carboxylic acids is 1. The molecule has 10 heteroatoms. The lowest BCUT2D eigenvalue weighted by molar-refractivity contribution is -0.205. The van der Waals surface area contributed by atoms with Gasteiger partial charge in [-0.15, -0.1) is 6.42 Å². The lowest BCUT2D eigenvalue weighted by atomic mass is 9.77. The Labute approximate surface area is 260 Å². The summed E-state index contributed by atoms with van der Waals surface area (Å²) in [5.41, 5.74) is 1.54. The van der Waals surface area contributed by atoms with Crippen LogP contribution in [0.5, 0.6) is 5.75 Å². The van der Waals surface area contributed by atoms with Gasteiger partial charge in [0.25, 0.3) is 0 Å². The quantitative estimate of drug-likeness (QED) is 0.152. The molecular formula is C35H31N5O5. The van der Waals surface area contributed by atoms with Gasteiger partial charge in [0.05, 0.1) is 13.4 Å². The van der Waals surface area contributed by atoms with Gasteiger partial charge in [0.1, 0.15) is 29.8 Å². The minimum absolute atomic E-state index is 0.440. The summed E-state index contributed by atoms with van der Waals surface area (Å²) >= 11 is 0. The molecule has 1 N–H and O–H groups in total. The smallest absolute Gasteiger partial charge is 0.205 e. The summed E-state index contributed by atoms with van der Waals surface area (Å²) in [6.07, 6.45) is 7.11. The highest BCUT2D eigenvalue weighted by Crippen LogP contribution is 2.51. The Morgan fingerprint density at radius 1 is 0.956 bits per heavy atom. The molecule has 0 unspecified atom stereocenters. The third kappa shape index (κ3) is 4.47. The summed E-state index contributed by atoms with van der Waals surface area (Å²) in [6, 6.07) is 28.2. The average Bonchev–Trinajstić information content (AvgIpc) is 3.72. The highest BCUT2D eigenvalue weighted by atomic mass is 16.8.